The average Bonchev–Trinajstić information content (AvgIpc) is 2.75. The Bertz CT molecular complexity index is 473. The summed E-state index contributed by atoms with van der Waals surface area (Å²) < 4.78 is 1.86. The summed E-state index contributed by atoms with van der Waals surface area (Å²) in [6.07, 6.45) is 1.10. The molecule has 1 amide bonds. The van der Waals surface area contributed by atoms with E-state index in [1.807, 2.05) is 23.1 Å². The third-order valence-electron chi connectivity index (χ3n) is 3.81. The first-order valence-corrected chi connectivity index (χ1v) is 8.11. The second-order valence-corrected chi connectivity index (χ2v) is 8.09. The zero-order valence-corrected chi connectivity index (χ0v) is 14.7. The van der Waals surface area contributed by atoms with Gasteiger partial charge in [0.1, 0.15) is 0 Å². The normalized spacial score (nSPS) is 19.8. The summed E-state index contributed by atoms with van der Waals surface area (Å²) in [5.41, 5.74) is 1.02. The van der Waals surface area contributed by atoms with Crippen LogP contribution >= 0.6 is 31.9 Å². The van der Waals surface area contributed by atoms with Gasteiger partial charge in [0.2, 0.25) is 0 Å². The van der Waals surface area contributed by atoms with Crippen molar-refractivity contribution in [2.75, 3.05) is 13.1 Å². The Hall–Kier alpha value is -0.350. The summed E-state index contributed by atoms with van der Waals surface area (Å²) in [7, 11) is 0. The van der Waals surface area contributed by atoms with Crippen LogP contribution < -0.4 is 0 Å². The number of hydrogen-bond donors (Lipinski definition) is 0. The van der Waals surface area contributed by atoms with Crippen LogP contribution in [0.5, 0.6) is 0 Å². The van der Waals surface area contributed by atoms with E-state index in [4.69, 9.17) is 0 Å². The quantitative estimate of drug-likeness (QED) is 0.681. The highest BCUT2D eigenvalue weighted by atomic mass is 79.9. The number of halogens is 2. The Morgan fingerprint density at radius 1 is 1.21 bits per heavy atom. The molecule has 4 heteroatoms. The zero-order valence-electron chi connectivity index (χ0n) is 11.5. The van der Waals surface area contributed by atoms with Crippen molar-refractivity contribution in [3.63, 3.8) is 0 Å². The van der Waals surface area contributed by atoms with Gasteiger partial charge < -0.3 is 4.90 Å². The van der Waals surface area contributed by atoms with Gasteiger partial charge in [0.25, 0.3) is 5.91 Å². The van der Waals surface area contributed by atoms with Crippen molar-refractivity contribution in [1.29, 1.82) is 0 Å². The lowest BCUT2D eigenvalue weighted by atomic mass is 9.80. The van der Waals surface area contributed by atoms with E-state index >= 15 is 0 Å². The Labute approximate surface area is 131 Å². The molecular formula is C15H19Br2NO. The van der Waals surface area contributed by atoms with Gasteiger partial charge in [0, 0.05) is 27.6 Å². The average molecular weight is 389 g/mol. The van der Waals surface area contributed by atoms with Crippen LogP contribution in [0, 0.1) is 11.3 Å². The van der Waals surface area contributed by atoms with E-state index in [-0.39, 0.29) is 11.3 Å². The molecule has 0 N–H and O–H groups in total. The molecule has 1 atom stereocenters. The third kappa shape index (κ3) is 3.60. The molecule has 1 fully saturated rings. The smallest absolute Gasteiger partial charge is 0.253 e. The van der Waals surface area contributed by atoms with Crippen molar-refractivity contribution in [3.05, 3.63) is 32.7 Å². The van der Waals surface area contributed by atoms with Gasteiger partial charge in [-0.3, -0.25) is 4.79 Å². The molecule has 1 aromatic carbocycles. The first-order chi connectivity index (χ1) is 8.77. The summed E-state index contributed by atoms with van der Waals surface area (Å²) in [6.45, 7) is 8.49. The van der Waals surface area contributed by atoms with Gasteiger partial charge in [-0.1, -0.05) is 52.6 Å². The van der Waals surface area contributed by atoms with Crippen LogP contribution in [0.4, 0.5) is 0 Å². The van der Waals surface area contributed by atoms with Gasteiger partial charge in [-0.2, -0.15) is 0 Å². The van der Waals surface area contributed by atoms with Gasteiger partial charge in [-0.25, -0.2) is 0 Å². The minimum Gasteiger partial charge on any atom is -0.338 e. The molecule has 1 saturated heterocycles. The molecule has 0 saturated carbocycles. The van der Waals surface area contributed by atoms with E-state index in [2.05, 4.69) is 52.6 Å². The van der Waals surface area contributed by atoms with E-state index in [1.165, 1.54) is 0 Å². The summed E-state index contributed by atoms with van der Waals surface area (Å²) in [6, 6.07) is 5.72. The van der Waals surface area contributed by atoms with Crippen LogP contribution in [0.2, 0.25) is 0 Å². The Kier molecular flexibility index (Phi) is 4.41. The SMILES string of the molecule is CC(C)(C)C1CCN(C(=O)c2cc(Br)cc(Br)c2)C1. The molecule has 0 spiro atoms. The first kappa shape index (κ1) is 15.0. The number of carbonyl (C=O) groups is 1. The lowest BCUT2D eigenvalue weighted by Crippen LogP contribution is -2.31. The number of nitrogens with zero attached hydrogens (tertiary/aromatic N) is 1. The third-order valence-corrected chi connectivity index (χ3v) is 4.73. The van der Waals surface area contributed by atoms with E-state index in [9.17, 15) is 4.79 Å². The minimum atomic E-state index is 0.133. The van der Waals surface area contributed by atoms with Crippen molar-refractivity contribution < 1.29 is 4.79 Å². The van der Waals surface area contributed by atoms with Crippen LogP contribution in [-0.2, 0) is 0 Å². The van der Waals surface area contributed by atoms with Crippen molar-refractivity contribution in [1.82, 2.24) is 4.90 Å². The molecular weight excluding hydrogens is 370 g/mol. The molecule has 1 aliphatic rings. The second-order valence-electron chi connectivity index (χ2n) is 6.26. The molecule has 1 unspecified atom stereocenters. The summed E-state index contributed by atoms with van der Waals surface area (Å²) in [5, 5.41) is 0. The summed E-state index contributed by atoms with van der Waals surface area (Å²) in [5.74, 6) is 0.723. The molecule has 104 valence electrons. The minimum absolute atomic E-state index is 0.133. The van der Waals surface area contributed by atoms with Gasteiger partial charge in [0.05, 0.1) is 0 Å². The standard InChI is InChI=1S/C15H19Br2NO/c1-15(2,3)11-4-5-18(9-11)14(19)10-6-12(16)8-13(17)7-10/h6-8,11H,4-5,9H2,1-3H3. The maximum atomic E-state index is 12.5. The highest BCUT2D eigenvalue weighted by Crippen LogP contribution is 2.34. The van der Waals surface area contributed by atoms with Crippen LogP contribution in [0.1, 0.15) is 37.6 Å². The fourth-order valence-electron chi connectivity index (χ4n) is 2.51. The number of amides is 1. The Morgan fingerprint density at radius 2 is 1.79 bits per heavy atom. The number of benzene rings is 1. The Balaban J connectivity index is 2.13. The van der Waals surface area contributed by atoms with E-state index < -0.39 is 0 Å². The van der Waals surface area contributed by atoms with Crippen molar-refractivity contribution in [3.8, 4) is 0 Å². The molecule has 0 bridgehead atoms. The van der Waals surface area contributed by atoms with E-state index in [0.29, 0.717) is 5.92 Å². The molecule has 1 aliphatic heterocycles. The fourth-order valence-corrected chi connectivity index (χ4v) is 3.81. The van der Waals surface area contributed by atoms with Crippen molar-refractivity contribution >= 4 is 37.8 Å². The van der Waals surface area contributed by atoms with Crippen molar-refractivity contribution in [2.24, 2.45) is 11.3 Å². The predicted molar refractivity (Wildman–Crippen MR) is 85.3 cm³/mol. The molecule has 2 rings (SSSR count). The lowest BCUT2D eigenvalue weighted by molar-refractivity contribution is 0.0776. The maximum Gasteiger partial charge on any atom is 0.253 e. The first-order valence-electron chi connectivity index (χ1n) is 6.53. The molecule has 2 nitrogen and oxygen atoms in total. The Morgan fingerprint density at radius 3 is 2.26 bits per heavy atom. The summed E-state index contributed by atoms with van der Waals surface area (Å²) >= 11 is 6.87. The van der Waals surface area contributed by atoms with Gasteiger partial charge in [-0.05, 0) is 36.0 Å². The van der Waals surface area contributed by atoms with Gasteiger partial charge in [0.15, 0.2) is 0 Å². The highest BCUT2D eigenvalue weighted by Gasteiger charge is 2.34. The molecule has 0 aliphatic carbocycles. The summed E-state index contributed by atoms with van der Waals surface area (Å²) in [4.78, 5) is 14.5. The monoisotopic (exact) mass is 387 g/mol. The molecule has 0 radical (unpaired) electrons. The lowest BCUT2D eigenvalue weighted by Gasteiger charge is -2.27. The van der Waals surface area contributed by atoms with Gasteiger partial charge in [-0.15, -0.1) is 0 Å². The number of rotatable bonds is 1. The largest absolute Gasteiger partial charge is 0.338 e. The van der Waals surface area contributed by atoms with Crippen molar-refractivity contribution in [2.45, 2.75) is 27.2 Å². The fraction of sp³-hybridized carbons (Fsp3) is 0.533. The van der Waals surface area contributed by atoms with Crippen LogP contribution in [0.15, 0.2) is 27.1 Å². The zero-order chi connectivity index (χ0) is 14.2. The van der Waals surface area contributed by atoms with Crippen LogP contribution in [-0.4, -0.2) is 23.9 Å². The highest BCUT2D eigenvalue weighted by molar-refractivity contribution is 9.11. The molecule has 19 heavy (non-hydrogen) atoms. The van der Waals surface area contributed by atoms with Crippen LogP contribution in [0.3, 0.4) is 0 Å². The molecule has 1 aromatic rings. The number of hydrogen-bond acceptors (Lipinski definition) is 1. The maximum absolute atomic E-state index is 12.5. The topological polar surface area (TPSA) is 20.3 Å². The van der Waals surface area contributed by atoms with Crippen LogP contribution in [0.25, 0.3) is 0 Å². The van der Waals surface area contributed by atoms with Gasteiger partial charge >= 0.3 is 0 Å². The second kappa shape index (κ2) is 5.57. The number of likely N-dealkylation sites (tertiary alicyclic amines) is 1. The molecule has 1 heterocycles. The van der Waals surface area contributed by atoms with E-state index in [0.717, 1.165) is 34.0 Å². The predicted octanol–water partition coefficient (Wildman–Crippen LogP) is 4.72. The van der Waals surface area contributed by atoms with E-state index in [1.54, 1.807) is 0 Å². The molecule has 0 aromatic heterocycles. The number of carbonyl (C=O) groups excluding carboxylic acids is 1.